The highest BCUT2D eigenvalue weighted by atomic mass is 32.1. The second-order valence-corrected chi connectivity index (χ2v) is 9.99. The maximum atomic E-state index is 13.4. The van der Waals surface area contributed by atoms with Gasteiger partial charge in [-0.25, -0.2) is 4.39 Å². The fraction of sp³-hybridized carbons (Fsp3) is 0.407. The number of thiophene rings is 1. The number of ether oxygens (including phenoxy) is 2. The quantitative estimate of drug-likeness (QED) is 0.438. The molecular formula is C27H33FN2O3S. The first-order valence-electron chi connectivity index (χ1n) is 11.8. The van der Waals surface area contributed by atoms with Gasteiger partial charge in [-0.3, -0.25) is 9.80 Å². The number of aliphatic hydroxyl groups is 1. The zero-order chi connectivity index (χ0) is 23.8. The van der Waals surface area contributed by atoms with Gasteiger partial charge in [0, 0.05) is 49.0 Å². The van der Waals surface area contributed by atoms with Crippen LogP contribution in [0.1, 0.15) is 21.4 Å². The number of piperazine rings is 1. The average molecular weight is 485 g/mol. The molecule has 7 heteroatoms. The number of aliphatic hydroxyl groups excluding tert-OH is 1. The highest BCUT2D eigenvalue weighted by molar-refractivity contribution is 7.12. The molecule has 1 aliphatic rings. The molecule has 0 aliphatic carbocycles. The lowest BCUT2D eigenvalue weighted by atomic mass is 10.1. The minimum atomic E-state index is -0.513. The van der Waals surface area contributed by atoms with Gasteiger partial charge in [-0.05, 0) is 48.9 Å². The van der Waals surface area contributed by atoms with Gasteiger partial charge >= 0.3 is 0 Å². The molecule has 2 aromatic carbocycles. The summed E-state index contributed by atoms with van der Waals surface area (Å²) >= 11 is 1.72. The zero-order valence-corrected chi connectivity index (χ0v) is 20.4. The zero-order valence-electron chi connectivity index (χ0n) is 19.6. The van der Waals surface area contributed by atoms with Crippen molar-refractivity contribution < 1.29 is 19.0 Å². The molecule has 5 nitrogen and oxygen atoms in total. The minimum absolute atomic E-state index is 0.180. The van der Waals surface area contributed by atoms with Crippen LogP contribution in [-0.2, 0) is 4.74 Å². The number of benzene rings is 2. The molecule has 2 unspecified atom stereocenters. The van der Waals surface area contributed by atoms with Crippen molar-refractivity contribution in [2.24, 2.45) is 0 Å². The maximum absolute atomic E-state index is 13.4. The lowest BCUT2D eigenvalue weighted by molar-refractivity contribution is 0.0272. The molecule has 1 saturated heterocycles. The molecule has 182 valence electrons. The molecule has 4 rings (SSSR count). The molecule has 1 aromatic heterocycles. The third-order valence-corrected chi connectivity index (χ3v) is 7.05. The molecule has 1 N–H and O–H groups in total. The number of hydrogen-bond donors (Lipinski definition) is 1. The molecule has 0 saturated carbocycles. The lowest BCUT2D eigenvalue weighted by Gasteiger charge is -2.35. The van der Waals surface area contributed by atoms with Gasteiger partial charge in [-0.1, -0.05) is 30.3 Å². The first-order chi connectivity index (χ1) is 16.6. The van der Waals surface area contributed by atoms with Crippen LogP contribution in [0.5, 0.6) is 5.75 Å². The van der Waals surface area contributed by atoms with E-state index in [0.717, 1.165) is 48.9 Å². The van der Waals surface area contributed by atoms with Crippen molar-refractivity contribution in [3.8, 4) is 5.75 Å². The van der Waals surface area contributed by atoms with E-state index in [1.54, 1.807) is 23.5 Å². The van der Waals surface area contributed by atoms with E-state index in [2.05, 4.69) is 28.9 Å². The van der Waals surface area contributed by atoms with E-state index < -0.39 is 6.10 Å². The van der Waals surface area contributed by atoms with E-state index in [1.165, 1.54) is 17.0 Å². The van der Waals surface area contributed by atoms with Crippen LogP contribution in [0.2, 0.25) is 0 Å². The van der Waals surface area contributed by atoms with Gasteiger partial charge in [0.1, 0.15) is 30.4 Å². The SMILES string of the molecule is Cc1ccc(C(OCCN2CCN(CC(O)COc3ccccc3)CC2)c2ccc(F)cc2)s1. The first-order valence-corrected chi connectivity index (χ1v) is 12.6. The average Bonchev–Trinajstić information content (AvgIpc) is 3.29. The summed E-state index contributed by atoms with van der Waals surface area (Å²) in [6, 6.07) is 20.4. The Morgan fingerprint density at radius 2 is 1.65 bits per heavy atom. The van der Waals surface area contributed by atoms with Gasteiger partial charge in [0.05, 0.1) is 6.61 Å². The molecule has 1 fully saturated rings. The van der Waals surface area contributed by atoms with Crippen molar-refractivity contribution in [2.75, 3.05) is 52.5 Å². The molecule has 0 spiro atoms. The lowest BCUT2D eigenvalue weighted by Crippen LogP contribution is -2.49. The Balaban J connectivity index is 1.19. The summed E-state index contributed by atoms with van der Waals surface area (Å²) in [7, 11) is 0. The smallest absolute Gasteiger partial charge is 0.123 e. The van der Waals surface area contributed by atoms with Gasteiger partial charge in [-0.2, -0.15) is 0 Å². The normalized spacial score (nSPS) is 16.9. The maximum Gasteiger partial charge on any atom is 0.123 e. The second kappa shape index (κ2) is 12.4. The van der Waals surface area contributed by atoms with Gasteiger partial charge in [0.2, 0.25) is 0 Å². The molecule has 1 aliphatic heterocycles. The molecule has 0 radical (unpaired) electrons. The van der Waals surface area contributed by atoms with E-state index in [4.69, 9.17) is 9.47 Å². The number of halogens is 1. The van der Waals surface area contributed by atoms with Crippen molar-refractivity contribution in [2.45, 2.75) is 19.1 Å². The van der Waals surface area contributed by atoms with Crippen LogP contribution >= 0.6 is 11.3 Å². The van der Waals surface area contributed by atoms with Gasteiger partial charge in [0.15, 0.2) is 0 Å². The largest absolute Gasteiger partial charge is 0.491 e. The van der Waals surface area contributed by atoms with Crippen LogP contribution in [0.15, 0.2) is 66.7 Å². The van der Waals surface area contributed by atoms with E-state index in [-0.39, 0.29) is 11.9 Å². The first kappa shape index (κ1) is 24.8. The highest BCUT2D eigenvalue weighted by Crippen LogP contribution is 2.31. The van der Waals surface area contributed by atoms with Crippen molar-refractivity contribution in [3.63, 3.8) is 0 Å². The van der Waals surface area contributed by atoms with E-state index in [9.17, 15) is 9.50 Å². The summed E-state index contributed by atoms with van der Waals surface area (Å²) in [6.07, 6.45) is -0.693. The van der Waals surface area contributed by atoms with Crippen LogP contribution in [0.25, 0.3) is 0 Å². The third kappa shape index (κ3) is 7.35. The second-order valence-electron chi connectivity index (χ2n) is 8.67. The van der Waals surface area contributed by atoms with Gasteiger partial charge < -0.3 is 14.6 Å². The Labute approximate surface area is 205 Å². The van der Waals surface area contributed by atoms with Gasteiger partial charge in [0.25, 0.3) is 0 Å². The van der Waals surface area contributed by atoms with E-state index in [0.29, 0.717) is 19.8 Å². The predicted octanol–water partition coefficient (Wildman–Crippen LogP) is 4.36. The molecule has 0 amide bonds. The van der Waals surface area contributed by atoms with Crippen molar-refractivity contribution in [1.29, 1.82) is 0 Å². The number of β-amino-alcohol motifs (C(OH)–C–C–N with tert-alkyl or cyclic N) is 1. The standard InChI is InChI=1S/C27H33FN2O3S/c1-21-7-12-26(34-21)27(22-8-10-23(28)11-9-22)32-18-17-29-13-15-30(16-14-29)19-24(31)20-33-25-5-3-2-4-6-25/h2-12,24,27,31H,13-20H2,1H3. The summed E-state index contributed by atoms with van der Waals surface area (Å²) in [5.74, 6) is 0.544. The highest BCUT2D eigenvalue weighted by Gasteiger charge is 2.21. The Hall–Kier alpha value is -2.29. The topological polar surface area (TPSA) is 45.2 Å². The van der Waals surface area contributed by atoms with Crippen molar-refractivity contribution in [1.82, 2.24) is 9.80 Å². The van der Waals surface area contributed by atoms with Crippen LogP contribution in [0.4, 0.5) is 4.39 Å². The Morgan fingerprint density at radius 3 is 2.32 bits per heavy atom. The number of nitrogens with zero attached hydrogens (tertiary/aromatic N) is 2. The molecule has 2 atom stereocenters. The predicted molar refractivity (Wildman–Crippen MR) is 134 cm³/mol. The number of rotatable bonds is 11. The summed E-state index contributed by atoms with van der Waals surface area (Å²) in [5.41, 5.74) is 0.972. The molecule has 3 aromatic rings. The fourth-order valence-corrected chi connectivity index (χ4v) is 5.08. The van der Waals surface area contributed by atoms with Crippen LogP contribution < -0.4 is 4.74 Å². The van der Waals surface area contributed by atoms with E-state index >= 15 is 0 Å². The molecule has 0 bridgehead atoms. The number of para-hydroxylation sites is 1. The summed E-state index contributed by atoms with van der Waals surface area (Å²) in [6.45, 7) is 8.14. The Kier molecular flexibility index (Phi) is 9.07. The molecule has 2 heterocycles. The third-order valence-electron chi connectivity index (χ3n) is 6.00. The van der Waals surface area contributed by atoms with Crippen LogP contribution in [-0.4, -0.2) is 73.5 Å². The van der Waals surface area contributed by atoms with Crippen molar-refractivity contribution in [3.05, 3.63) is 87.9 Å². The Morgan fingerprint density at radius 1 is 0.941 bits per heavy atom. The van der Waals surface area contributed by atoms with Gasteiger partial charge in [-0.15, -0.1) is 11.3 Å². The number of aryl methyl sites for hydroxylation is 1. The monoisotopic (exact) mass is 484 g/mol. The number of hydrogen-bond acceptors (Lipinski definition) is 6. The molecular weight excluding hydrogens is 451 g/mol. The van der Waals surface area contributed by atoms with E-state index in [1.807, 2.05) is 30.3 Å². The summed E-state index contributed by atoms with van der Waals surface area (Å²) in [5, 5.41) is 10.3. The summed E-state index contributed by atoms with van der Waals surface area (Å²) < 4.78 is 25.4. The fourth-order valence-electron chi connectivity index (χ4n) is 4.13. The summed E-state index contributed by atoms with van der Waals surface area (Å²) in [4.78, 5) is 7.05. The Bertz CT molecular complexity index is 991. The minimum Gasteiger partial charge on any atom is -0.491 e. The van der Waals surface area contributed by atoms with Crippen LogP contribution in [0, 0.1) is 12.7 Å². The van der Waals surface area contributed by atoms with Crippen molar-refractivity contribution >= 4 is 11.3 Å². The molecule has 34 heavy (non-hydrogen) atoms. The van der Waals surface area contributed by atoms with Crippen LogP contribution in [0.3, 0.4) is 0 Å².